The van der Waals surface area contributed by atoms with Crippen LogP contribution in [-0.4, -0.2) is 25.7 Å². The van der Waals surface area contributed by atoms with Crippen molar-refractivity contribution in [3.63, 3.8) is 0 Å². The molecular weight excluding hydrogens is 416 g/mol. The molecule has 33 heavy (non-hydrogen) atoms. The van der Waals surface area contributed by atoms with Gasteiger partial charge in [-0.15, -0.1) is 0 Å². The van der Waals surface area contributed by atoms with Crippen LogP contribution in [0.2, 0.25) is 0 Å². The van der Waals surface area contributed by atoms with Crippen molar-refractivity contribution in [2.24, 2.45) is 0 Å². The van der Waals surface area contributed by atoms with Crippen LogP contribution in [0.5, 0.6) is 0 Å². The third-order valence-electron chi connectivity index (χ3n) is 5.23. The summed E-state index contributed by atoms with van der Waals surface area (Å²) in [5, 5.41) is 2.45. The maximum absolute atomic E-state index is 12.4. The van der Waals surface area contributed by atoms with Crippen molar-refractivity contribution in [2.75, 3.05) is 18.6 Å². The summed E-state index contributed by atoms with van der Waals surface area (Å²) in [6.45, 7) is 2.69. The lowest BCUT2D eigenvalue weighted by molar-refractivity contribution is -0.116. The van der Waals surface area contributed by atoms with Gasteiger partial charge in [0.15, 0.2) is 0 Å². The monoisotopic (exact) mass is 446 g/mol. The van der Waals surface area contributed by atoms with Crippen molar-refractivity contribution in [3.8, 4) is 0 Å². The first kappa shape index (κ1) is 24.0. The van der Waals surface area contributed by atoms with Crippen molar-refractivity contribution < 1.29 is 19.1 Å². The summed E-state index contributed by atoms with van der Waals surface area (Å²) in [7, 11) is 1.53. The molecule has 0 aliphatic rings. The Morgan fingerprint density at radius 3 is 2.24 bits per heavy atom. The molecule has 0 fully saturated rings. The number of hydrogen-bond acceptors (Lipinski definition) is 4. The summed E-state index contributed by atoms with van der Waals surface area (Å²) in [6.07, 6.45) is -0.157. The number of nitrogens with one attached hydrogen (secondary N) is 1. The number of benzene rings is 3. The smallest absolute Gasteiger partial charge is 0.406 e. The van der Waals surface area contributed by atoms with E-state index in [9.17, 15) is 9.59 Å². The molecule has 0 radical (unpaired) electrons. The second-order valence-corrected chi connectivity index (χ2v) is 7.65. The van der Waals surface area contributed by atoms with Gasteiger partial charge in [0.2, 0.25) is 5.91 Å². The van der Waals surface area contributed by atoms with E-state index in [1.54, 1.807) is 11.8 Å². The largest absolute Gasteiger partial charge is 0.449 e. The number of nitrogens with zero attached hydrogens (tertiary/aromatic N) is 1. The minimum atomic E-state index is -0.461. The Labute approximate surface area is 195 Å². The normalized spacial score (nSPS) is 11.5. The highest BCUT2D eigenvalue weighted by atomic mass is 16.5. The zero-order chi connectivity index (χ0) is 23.5. The van der Waals surface area contributed by atoms with E-state index < -0.39 is 6.09 Å². The zero-order valence-corrected chi connectivity index (χ0v) is 19.1. The number of ether oxygens (including phenoxy) is 2. The van der Waals surface area contributed by atoms with E-state index in [4.69, 9.17) is 9.47 Å². The van der Waals surface area contributed by atoms with Gasteiger partial charge in [0.1, 0.15) is 0 Å². The van der Waals surface area contributed by atoms with Gasteiger partial charge in [-0.2, -0.15) is 0 Å². The van der Waals surface area contributed by atoms with Crippen LogP contribution in [0, 0.1) is 0 Å². The van der Waals surface area contributed by atoms with Crippen LogP contribution in [-0.2, 0) is 27.4 Å². The maximum atomic E-state index is 12.4. The first-order chi connectivity index (χ1) is 16.1. The number of anilines is 1. The molecule has 0 spiro atoms. The molecule has 172 valence electrons. The minimum absolute atomic E-state index is 0.0227. The third kappa shape index (κ3) is 7.47. The van der Waals surface area contributed by atoms with E-state index in [-0.39, 0.29) is 18.6 Å². The molecule has 1 N–H and O–H groups in total. The van der Waals surface area contributed by atoms with Gasteiger partial charge >= 0.3 is 6.09 Å². The second-order valence-electron chi connectivity index (χ2n) is 7.65. The van der Waals surface area contributed by atoms with Crippen LogP contribution in [0.3, 0.4) is 0 Å². The quantitative estimate of drug-likeness (QED) is 0.462. The van der Waals surface area contributed by atoms with Crippen molar-refractivity contribution in [3.05, 3.63) is 102 Å². The molecule has 0 saturated heterocycles. The minimum Gasteiger partial charge on any atom is -0.449 e. The molecule has 1 unspecified atom stereocenters. The molecule has 3 rings (SSSR count). The molecule has 0 bridgehead atoms. The van der Waals surface area contributed by atoms with Crippen molar-refractivity contribution in [1.29, 1.82) is 0 Å². The number of rotatable bonds is 10. The van der Waals surface area contributed by atoms with Crippen LogP contribution in [0.1, 0.15) is 36.1 Å². The topological polar surface area (TPSA) is 67.9 Å². The van der Waals surface area contributed by atoms with Gasteiger partial charge in [0.05, 0.1) is 25.9 Å². The number of carbonyl (C=O) groups is 2. The Morgan fingerprint density at radius 1 is 0.909 bits per heavy atom. The maximum Gasteiger partial charge on any atom is 0.406 e. The second kappa shape index (κ2) is 12.4. The van der Waals surface area contributed by atoms with E-state index in [2.05, 4.69) is 5.32 Å². The van der Waals surface area contributed by atoms with Crippen molar-refractivity contribution >= 4 is 17.7 Å². The fourth-order valence-electron chi connectivity index (χ4n) is 3.51. The van der Waals surface area contributed by atoms with Gasteiger partial charge in [-0.1, -0.05) is 72.8 Å². The fourth-order valence-corrected chi connectivity index (χ4v) is 3.51. The van der Waals surface area contributed by atoms with Crippen LogP contribution in [0.4, 0.5) is 10.5 Å². The molecule has 0 saturated carbocycles. The van der Waals surface area contributed by atoms with E-state index in [0.29, 0.717) is 19.6 Å². The number of amides is 2. The molecule has 0 aromatic heterocycles. The van der Waals surface area contributed by atoms with Crippen molar-refractivity contribution in [1.82, 2.24) is 5.32 Å². The molecule has 0 aliphatic carbocycles. The van der Waals surface area contributed by atoms with Gasteiger partial charge in [-0.3, -0.25) is 4.79 Å². The molecule has 6 heteroatoms. The summed E-state index contributed by atoms with van der Waals surface area (Å²) >= 11 is 0. The van der Waals surface area contributed by atoms with Crippen LogP contribution < -0.4 is 10.2 Å². The molecule has 2 amide bonds. The highest BCUT2D eigenvalue weighted by Gasteiger charge is 2.15. The summed E-state index contributed by atoms with van der Waals surface area (Å²) in [5.74, 6) is -0.0227. The highest BCUT2D eigenvalue weighted by molar-refractivity contribution is 5.91. The first-order valence-electron chi connectivity index (χ1n) is 11.0. The van der Waals surface area contributed by atoms with Gasteiger partial charge in [0.25, 0.3) is 0 Å². The summed E-state index contributed by atoms with van der Waals surface area (Å²) in [5.41, 5.74) is 3.87. The van der Waals surface area contributed by atoms with Gasteiger partial charge in [-0.25, -0.2) is 4.79 Å². The predicted molar refractivity (Wildman–Crippen MR) is 129 cm³/mol. The molecule has 6 nitrogen and oxygen atoms in total. The summed E-state index contributed by atoms with van der Waals surface area (Å²) < 4.78 is 11.4. The molecule has 0 aliphatic heterocycles. The van der Waals surface area contributed by atoms with Crippen LogP contribution >= 0.6 is 0 Å². The average Bonchev–Trinajstić information content (AvgIpc) is 2.85. The lowest BCUT2D eigenvalue weighted by atomic mass is 10.1. The Kier molecular flexibility index (Phi) is 9.03. The average molecular weight is 447 g/mol. The predicted octanol–water partition coefficient (Wildman–Crippen LogP) is 5.24. The number of alkyl carbamates (subject to hydrolysis) is 1. The lowest BCUT2D eigenvalue weighted by Crippen LogP contribution is -2.27. The zero-order valence-electron chi connectivity index (χ0n) is 19.1. The lowest BCUT2D eigenvalue weighted by Gasteiger charge is -2.23. The first-order valence-corrected chi connectivity index (χ1v) is 11.0. The highest BCUT2D eigenvalue weighted by Crippen LogP contribution is 2.25. The number of carbonyl (C=O) groups excluding carboxylic acids is 2. The standard InChI is InChI=1S/C27H30N2O4/c1-21(30)29(19-22-10-5-3-6-11-22)25-15-9-12-23(18-25)20-33-26(16-17-32-27(31)28-2)24-13-7-4-8-14-24/h3-15,18,26H,16-17,19-20H2,1-2H3,(H,28,31). The Morgan fingerprint density at radius 2 is 1.58 bits per heavy atom. The Hall–Kier alpha value is -3.64. The van der Waals surface area contributed by atoms with Gasteiger partial charge in [0, 0.05) is 26.1 Å². The van der Waals surface area contributed by atoms with E-state index >= 15 is 0 Å². The molecular formula is C27H30N2O4. The molecule has 0 heterocycles. The third-order valence-corrected chi connectivity index (χ3v) is 5.23. The fraction of sp³-hybridized carbons (Fsp3) is 0.259. The Bertz CT molecular complexity index is 1020. The van der Waals surface area contributed by atoms with E-state index in [1.165, 1.54) is 7.05 Å². The van der Waals surface area contributed by atoms with Gasteiger partial charge in [-0.05, 0) is 28.8 Å². The van der Waals surface area contributed by atoms with E-state index in [1.807, 2.05) is 84.9 Å². The molecule has 1 atom stereocenters. The number of hydrogen-bond donors (Lipinski definition) is 1. The molecule has 3 aromatic carbocycles. The molecule has 3 aromatic rings. The van der Waals surface area contributed by atoms with Crippen LogP contribution in [0.25, 0.3) is 0 Å². The van der Waals surface area contributed by atoms with Gasteiger partial charge < -0.3 is 19.7 Å². The Balaban J connectivity index is 1.70. The van der Waals surface area contributed by atoms with E-state index in [0.717, 1.165) is 22.4 Å². The summed E-state index contributed by atoms with van der Waals surface area (Å²) in [4.78, 5) is 25.5. The van der Waals surface area contributed by atoms with Crippen molar-refractivity contribution in [2.45, 2.75) is 32.6 Å². The van der Waals surface area contributed by atoms with Crippen LogP contribution in [0.15, 0.2) is 84.9 Å². The SMILES string of the molecule is CNC(=O)OCCC(OCc1cccc(N(Cc2ccccc2)C(C)=O)c1)c1ccccc1. The summed E-state index contributed by atoms with van der Waals surface area (Å²) in [6, 6.07) is 27.6.